The lowest BCUT2D eigenvalue weighted by molar-refractivity contribution is 0.177. The second-order valence-corrected chi connectivity index (χ2v) is 10.5. The van der Waals surface area contributed by atoms with Gasteiger partial charge >= 0.3 is 6.09 Å². The van der Waals surface area contributed by atoms with Gasteiger partial charge in [0.15, 0.2) is 0 Å². The lowest BCUT2D eigenvalue weighted by Gasteiger charge is -2.11. The van der Waals surface area contributed by atoms with E-state index in [4.69, 9.17) is 0 Å². The third-order valence-electron chi connectivity index (χ3n) is 4.57. The molecule has 0 aliphatic rings. The van der Waals surface area contributed by atoms with E-state index in [2.05, 4.69) is 23.6 Å². The lowest BCUT2D eigenvalue weighted by Crippen LogP contribution is -2.30. The van der Waals surface area contributed by atoms with Crippen LogP contribution in [0.15, 0.2) is 47.2 Å². The summed E-state index contributed by atoms with van der Waals surface area (Å²) in [6.07, 6.45) is 5.13. The number of aromatic nitrogens is 2. The Hall–Kier alpha value is -2.65. The quantitative estimate of drug-likeness (QED) is 0.586. The highest BCUT2D eigenvalue weighted by atomic mass is 32.2. The number of methoxy groups -OCH3 is 1. The van der Waals surface area contributed by atoms with Crippen molar-refractivity contribution in [3.05, 3.63) is 59.0 Å². The van der Waals surface area contributed by atoms with Gasteiger partial charge in [0.25, 0.3) is 10.0 Å². The first-order valence-corrected chi connectivity index (χ1v) is 11.8. The fourth-order valence-electron chi connectivity index (χ4n) is 3.14. The molecule has 0 saturated heterocycles. The summed E-state index contributed by atoms with van der Waals surface area (Å²) in [7, 11) is -2.92. The molecule has 30 heavy (non-hydrogen) atoms. The normalized spacial score (nSPS) is 11.6. The Morgan fingerprint density at radius 3 is 2.67 bits per heavy atom. The van der Waals surface area contributed by atoms with Crippen molar-refractivity contribution in [1.82, 2.24) is 14.3 Å². The van der Waals surface area contributed by atoms with Gasteiger partial charge in [-0.25, -0.2) is 22.9 Å². The molecule has 0 spiro atoms. The molecule has 0 bridgehead atoms. The minimum Gasteiger partial charge on any atom is -0.452 e. The zero-order valence-corrected chi connectivity index (χ0v) is 19.0. The molecule has 7 nitrogen and oxygen atoms in total. The highest BCUT2D eigenvalue weighted by molar-refractivity contribution is 7.92. The maximum atomic E-state index is 12.8. The van der Waals surface area contributed by atoms with Crippen molar-refractivity contribution in [3.63, 3.8) is 0 Å². The van der Waals surface area contributed by atoms with E-state index < -0.39 is 16.1 Å². The number of imidazole rings is 1. The van der Waals surface area contributed by atoms with Gasteiger partial charge in [-0.2, -0.15) is 0 Å². The van der Waals surface area contributed by atoms with Crippen molar-refractivity contribution in [3.8, 4) is 11.1 Å². The first-order chi connectivity index (χ1) is 14.2. The zero-order chi connectivity index (χ0) is 21.9. The minimum atomic E-state index is -4.05. The van der Waals surface area contributed by atoms with Gasteiger partial charge in [-0.3, -0.25) is 0 Å². The van der Waals surface area contributed by atoms with Gasteiger partial charge in [0.05, 0.1) is 13.4 Å². The summed E-state index contributed by atoms with van der Waals surface area (Å²) >= 11 is 1.19. The Morgan fingerprint density at radius 1 is 1.30 bits per heavy atom. The SMILES string of the molecule is COC(=O)NS(=O)(=O)c1sc(CC(C)C)cc1-c1ccc(Cn2ccnc2)c(C)c1. The van der Waals surface area contributed by atoms with Crippen LogP contribution in [0.5, 0.6) is 0 Å². The molecule has 2 heterocycles. The summed E-state index contributed by atoms with van der Waals surface area (Å²) in [6.45, 7) is 6.84. The molecule has 9 heteroatoms. The number of rotatable bonds is 7. The van der Waals surface area contributed by atoms with Crippen molar-refractivity contribution in [1.29, 1.82) is 0 Å². The van der Waals surface area contributed by atoms with Crippen molar-refractivity contribution >= 4 is 27.5 Å². The van der Waals surface area contributed by atoms with Gasteiger partial charge in [0, 0.05) is 29.4 Å². The average molecular weight is 448 g/mol. The smallest absolute Gasteiger partial charge is 0.420 e. The van der Waals surface area contributed by atoms with Gasteiger partial charge in [0.2, 0.25) is 0 Å². The molecule has 1 amide bonds. The molecule has 0 aliphatic carbocycles. The Labute approximate surface area is 180 Å². The molecule has 3 rings (SSSR count). The van der Waals surface area contributed by atoms with Crippen molar-refractivity contribution in [2.75, 3.05) is 7.11 Å². The molecule has 0 atom stereocenters. The van der Waals surface area contributed by atoms with Crippen molar-refractivity contribution < 1.29 is 17.9 Å². The van der Waals surface area contributed by atoms with Crippen molar-refractivity contribution in [2.24, 2.45) is 5.92 Å². The maximum absolute atomic E-state index is 12.8. The van der Waals surface area contributed by atoms with Gasteiger partial charge in [-0.05, 0) is 42.0 Å². The predicted octanol–water partition coefficient (Wildman–Crippen LogP) is 4.21. The van der Waals surface area contributed by atoms with Gasteiger partial charge in [-0.1, -0.05) is 32.0 Å². The topological polar surface area (TPSA) is 90.3 Å². The Bertz CT molecular complexity index is 1130. The monoisotopic (exact) mass is 447 g/mol. The van der Waals surface area contributed by atoms with Gasteiger partial charge < -0.3 is 9.30 Å². The van der Waals surface area contributed by atoms with Crippen LogP contribution < -0.4 is 4.72 Å². The number of aryl methyl sites for hydroxylation is 1. The average Bonchev–Trinajstić information content (AvgIpc) is 3.32. The van der Waals surface area contributed by atoms with E-state index in [0.29, 0.717) is 18.0 Å². The van der Waals surface area contributed by atoms with Crippen LogP contribution in [0, 0.1) is 12.8 Å². The third-order valence-corrected chi connectivity index (χ3v) is 7.58. The number of nitrogens with one attached hydrogen (secondary N) is 1. The van der Waals surface area contributed by atoms with Gasteiger partial charge in [-0.15, -0.1) is 11.3 Å². The molecule has 0 aliphatic heterocycles. The van der Waals surface area contributed by atoms with Crippen LogP contribution in [-0.4, -0.2) is 31.2 Å². The van der Waals surface area contributed by atoms with E-state index in [1.54, 1.807) is 12.5 Å². The fraction of sp³-hybridized carbons (Fsp3) is 0.333. The Kier molecular flexibility index (Phi) is 6.62. The second-order valence-electron chi connectivity index (χ2n) is 7.49. The molecular formula is C21H25N3O4S2. The summed E-state index contributed by atoms with van der Waals surface area (Å²) in [5.74, 6) is 0.375. The van der Waals surface area contributed by atoms with Crippen LogP contribution in [0.1, 0.15) is 29.9 Å². The number of thiophene rings is 1. The van der Waals surface area contributed by atoms with Crippen LogP contribution >= 0.6 is 11.3 Å². The zero-order valence-electron chi connectivity index (χ0n) is 17.4. The number of sulfonamides is 1. The van der Waals surface area contributed by atoms with Crippen LogP contribution in [0.3, 0.4) is 0 Å². The number of hydrogen-bond donors (Lipinski definition) is 1. The number of carbonyl (C=O) groups is 1. The lowest BCUT2D eigenvalue weighted by atomic mass is 10.0. The number of nitrogens with zero attached hydrogens (tertiary/aromatic N) is 2. The molecule has 0 saturated carbocycles. The fourth-order valence-corrected chi connectivity index (χ4v) is 6.01. The summed E-state index contributed by atoms with van der Waals surface area (Å²) in [6, 6.07) is 7.79. The number of benzene rings is 1. The summed E-state index contributed by atoms with van der Waals surface area (Å²) in [5.41, 5.74) is 3.54. The first-order valence-electron chi connectivity index (χ1n) is 9.48. The summed E-state index contributed by atoms with van der Waals surface area (Å²) < 4.78 is 34.2. The van der Waals surface area contributed by atoms with Crippen molar-refractivity contribution in [2.45, 2.75) is 37.9 Å². The molecule has 3 aromatic rings. The van der Waals surface area contributed by atoms with E-state index in [1.807, 2.05) is 46.7 Å². The van der Waals surface area contributed by atoms with Crippen LogP contribution in [0.4, 0.5) is 4.79 Å². The van der Waals surface area contributed by atoms with Gasteiger partial charge in [0.1, 0.15) is 4.21 Å². The van der Waals surface area contributed by atoms with E-state index in [0.717, 1.165) is 35.1 Å². The second kappa shape index (κ2) is 9.01. The predicted molar refractivity (Wildman–Crippen MR) is 117 cm³/mol. The molecule has 2 aromatic heterocycles. The number of ether oxygens (including phenoxy) is 1. The van der Waals surface area contributed by atoms with E-state index in [-0.39, 0.29) is 4.21 Å². The molecule has 0 unspecified atom stereocenters. The highest BCUT2D eigenvalue weighted by Gasteiger charge is 2.26. The number of hydrogen-bond acceptors (Lipinski definition) is 6. The molecule has 0 fully saturated rings. The van der Waals surface area contributed by atoms with E-state index in [1.165, 1.54) is 11.3 Å². The van der Waals surface area contributed by atoms with Crippen LogP contribution in [-0.2, 0) is 27.7 Å². The molecule has 1 N–H and O–H groups in total. The molecule has 0 radical (unpaired) electrons. The Balaban J connectivity index is 2.02. The number of amides is 1. The Morgan fingerprint density at radius 2 is 2.07 bits per heavy atom. The van der Waals surface area contributed by atoms with E-state index in [9.17, 15) is 13.2 Å². The van der Waals surface area contributed by atoms with Crippen LogP contribution in [0.2, 0.25) is 0 Å². The molecule has 1 aromatic carbocycles. The van der Waals surface area contributed by atoms with Crippen LogP contribution in [0.25, 0.3) is 11.1 Å². The summed E-state index contributed by atoms with van der Waals surface area (Å²) in [4.78, 5) is 16.6. The first kappa shape index (κ1) is 22.0. The molecular weight excluding hydrogens is 422 g/mol. The number of carbonyl (C=O) groups excluding carboxylic acids is 1. The standard InChI is InChI=1S/C21H25N3O4S2/c1-14(2)9-18-11-19(20(29-18)30(26,27)23-21(25)28-4)16-5-6-17(15(3)10-16)12-24-8-7-22-13-24/h5-8,10-11,13-14H,9,12H2,1-4H3,(H,23,25). The molecule has 160 valence electrons. The minimum absolute atomic E-state index is 0.116. The maximum Gasteiger partial charge on any atom is 0.420 e. The largest absolute Gasteiger partial charge is 0.452 e. The third kappa shape index (κ3) is 5.09. The highest BCUT2D eigenvalue weighted by Crippen LogP contribution is 2.37. The summed E-state index contributed by atoms with van der Waals surface area (Å²) in [5, 5.41) is 0. The van der Waals surface area contributed by atoms with E-state index >= 15 is 0 Å².